The van der Waals surface area contributed by atoms with Crippen molar-refractivity contribution in [1.82, 2.24) is 0 Å². The van der Waals surface area contributed by atoms with Crippen LogP contribution in [0.3, 0.4) is 0 Å². The van der Waals surface area contributed by atoms with Gasteiger partial charge in [0.25, 0.3) is 0 Å². The molecule has 3 heteroatoms. The van der Waals surface area contributed by atoms with Crippen LogP contribution in [0.1, 0.15) is 50.9 Å². The Kier molecular flexibility index (Phi) is 6.69. The fraction of sp³-hybridized carbons (Fsp3) is 0.176. The molecule has 0 bridgehead atoms. The molecule has 0 heterocycles. The predicted molar refractivity (Wildman–Crippen MR) is 155 cm³/mol. The van der Waals surface area contributed by atoms with E-state index in [9.17, 15) is 0 Å². The normalized spacial score (nSPS) is 22.1. The summed E-state index contributed by atoms with van der Waals surface area (Å²) < 4.78 is 0.108. The number of allylic oxidation sites excluding steroid dienone is 2. The Balaban J connectivity index is 1.60. The van der Waals surface area contributed by atoms with Crippen LogP contribution in [0.15, 0.2) is 109 Å². The maximum absolute atomic E-state index is 7.26. The zero-order chi connectivity index (χ0) is 25.6. The van der Waals surface area contributed by atoms with Gasteiger partial charge in [-0.1, -0.05) is 0 Å². The number of benzene rings is 4. The zero-order valence-electron chi connectivity index (χ0n) is 21.1. The summed E-state index contributed by atoms with van der Waals surface area (Å²) in [6.45, 7) is 4.34. The standard InChI is InChI=1S/C34H29.2ClH.Zr/c1-25-9-7-13-29(23-25)33(19-17-27-11-3-5-15-31(27)33)21-22-34(30-14-8-10-26(2)24-30)20-18-28-12-4-6-16-32(28)34;;;/h3-21,23-24H,22H2,1-2H3;2*1H;/q;;;+2/p-2. The van der Waals surface area contributed by atoms with Crippen molar-refractivity contribution in [2.24, 2.45) is 0 Å². The van der Waals surface area contributed by atoms with Crippen molar-refractivity contribution in [1.29, 1.82) is 0 Å². The molecule has 2 aliphatic carbocycles. The van der Waals surface area contributed by atoms with E-state index in [4.69, 9.17) is 17.0 Å². The van der Waals surface area contributed by atoms with E-state index >= 15 is 0 Å². The van der Waals surface area contributed by atoms with E-state index in [-0.39, 0.29) is 14.5 Å². The van der Waals surface area contributed by atoms with E-state index in [2.05, 4.69) is 135 Å². The van der Waals surface area contributed by atoms with Gasteiger partial charge in [-0.05, 0) is 0 Å². The van der Waals surface area contributed by atoms with Crippen molar-refractivity contribution < 1.29 is 19.4 Å². The van der Waals surface area contributed by atoms with Gasteiger partial charge in [-0.3, -0.25) is 0 Å². The molecule has 3 unspecified atom stereocenters. The van der Waals surface area contributed by atoms with Crippen LogP contribution < -0.4 is 0 Å². The molecule has 0 nitrogen and oxygen atoms in total. The first kappa shape index (κ1) is 25.1. The number of halogens is 2. The number of hydrogen-bond acceptors (Lipinski definition) is 0. The molecule has 6 rings (SSSR count). The SMILES string of the molecule is Cc1cccc(C2(C[CH]([Zr]([Cl])[Cl])C3(c4cccc(C)c4)C=Cc4ccccc43)C=Cc3ccccc32)c1. The van der Waals surface area contributed by atoms with E-state index in [1.165, 1.54) is 44.5 Å². The fourth-order valence-corrected chi connectivity index (χ4v) is 12.6. The number of aryl methyl sites for hydroxylation is 2. The Labute approximate surface area is 235 Å². The molecule has 0 aromatic heterocycles. The molecule has 0 aliphatic heterocycles. The second kappa shape index (κ2) is 9.85. The Morgan fingerprint density at radius 1 is 0.649 bits per heavy atom. The van der Waals surface area contributed by atoms with E-state index in [1.807, 2.05) is 0 Å². The summed E-state index contributed by atoms with van der Waals surface area (Å²) in [6, 6.07) is 35.5. The third-order valence-corrected chi connectivity index (χ3v) is 14.3. The minimum atomic E-state index is -2.93. The van der Waals surface area contributed by atoms with Crippen LogP contribution >= 0.6 is 17.0 Å². The number of rotatable bonds is 6. The van der Waals surface area contributed by atoms with Crippen molar-refractivity contribution in [3.8, 4) is 0 Å². The summed E-state index contributed by atoms with van der Waals surface area (Å²) in [5.41, 5.74) is 9.68. The quantitative estimate of drug-likeness (QED) is 0.207. The van der Waals surface area contributed by atoms with Crippen LogP contribution in [0, 0.1) is 13.8 Å². The monoisotopic (exact) mass is 597 g/mol. The van der Waals surface area contributed by atoms with Gasteiger partial charge in [-0.2, -0.15) is 0 Å². The van der Waals surface area contributed by atoms with Crippen LogP contribution in [-0.2, 0) is 30.2 Å². The van der Waals surface area contributed by atoms with Crippen LogP contribution in [0.25, 0.3) is 12.2 Å². The predicted octanol–water partition coefficient (Wildman–Crippen LogP) is 9.73. The van der Waals surface area contributed by atoms with E-state index in [0.717, 1.165) is 6.42 Å². The average Bonchev–Trinajstić information content (AvgIpc) is 3.48. The molecule has 0 saturated carbocycles. The number of hydrogen-bond donors (Lipinski definition) is 0. The Bertz CT molecular complexity index is 1530. The first-order valence-corrected chi connectivity index (χ1v) is 20.6. The van der Waals surface area contributed by atoms with Gasteiger partial charge in [0, 0.05) is 0 Å². The van der Waals surface area contributed by atoms with Gasteiger partial charge >= 0.3 is 237 Å². The van der Waals surface area contributed by atoms with Crippen LogP contribution in [-0.4, -0.2) is 0 Å². The summed E-state index contributed by atoms with van der Waals surface area (Å²) in [5, 5.41) is 0. The molecule has 0 saturated heterocycles. The molecule has 3 atom stereocenters. The van der Waals surface area contributed by atoms with Crippen LogP contribution in [0.2, 0.25) is 3.63 Å². The first-order valence-electron chi connectivity index (χ1n) is 12.8. The van der Waals surface area contributed by atoms with E-state index < -0.39 is 19.4 Å². The molecule has 4 aromatic carbocycles. The third kappa shape index (κ3) is 4.15. The summed E-state index contributed by atoms with van der Waals surface area (Å²) in [7, 11) is 14.5. The van der Waals surface area contributed by atoms with Gasteiger partial charge in [-0.25, -0.2) is 0 Å². The van der Waals surface area contributed by atoms with E-state index in [1.54, 1.807) is 0 Å². The maximum atomic E-state index is 7.26. The molecule has 183 valence electrons. The topological polar surface area (TPSA) is 0 Å². The van der Waals surface area contributed by atoms with Crippen molar-refractivity contribution >= 4 is 29.2 Å². The van der Waals surface area contributed by atoms with Crippen molar-refractivity contribution in [2.75, 3.05) is 0 Å². The van der Waals surface area contributed by atoms with Gasteiger partial charge in [0.1, 0.15) is 0 Å². The molecular weight excluding hydrogens is 571 g/mol. The fourth-order valence-electron chi connectivity index (χ4n) is 6.56. The minimum absolute atomic E-state index is 0.108. The third-order valence-electron chi connectivity index (χ3n) is 8.29. The first-order chi connectivity index (χ1) is 17.9. The summed E-state index contributed by atoms with van der Waals surface area (Å²) in [4.78, 5) is 0. The molecule has 0 amide bonds. The van der Waals surface area contributed by atoms with Crippen molar-refractivity contribution in [2.45, 2.75) is 34.7 Å². The molecule has 0 radical (unpaired) electrons. The van der Waals surface area contributed by atoms with Gasteiger partial charge in [0.15, 0.2) is 0 Å². The molecule has 2 aliphatic rings. The van der Waals surface area contributed by atoms with Gasteiger partial charge in [0.2, 0.25) is 0 Å². The average molecular weight is 600 g/mol. The summed E-state index contributed by atoms with van der Waals surface area (Å²) in [5.74, 6) is 0. The summed E-state index contributed by atoms with van der Waals surface area (Å²) >= 11 is -2.93. The molecule has 4 aromatic rings. The Hall–Kier alpha value is -2.18. The second-order valence-corrected chi connectivity index (χ2v) is 19.6. The Morgan fingerprint density at radius 2 is 1.22 bits per heavy atom. The molecular formula is C34H29Cl2Zr. The van der Waals surface area contributed by atoms with Crippen molar-refractivity contribution in [3.05, 3.63) is 154 Å². The number of fused-ring (bicyclic) bond motifs is 2. The van der Waals surface area contributed by atoms with Gasteiger partial charge < -0.3 is 0 Å². The molecule has 0 spiro atoms. The molecule has 37 heavy (non-hydrogen) atoms. The van der Waals surface area contributed by atoms with Crippen LogP contribution in [0.4, 0.5) is 0 Å². The van der Waals surface area contributed by atoms with Crippen LogP contribution in [0.5, 0.6) is 0 Å². The zero-order valence-corrected chi connectivity index (χ0v) is 25.1. The second-order valence-electron chi connectivity index (χ2n) is 10.5. The molecule has 0 fully saturated rings. The van der Waals surface area contributed by atoms with Crippen molar-refractivity contribution in [3.63, 3.8) is 0 Å². The summed E-state index contributed by atoms with van der Waals surface area (Å²) in [6.07, 6.45) is 10.2. The Morgan fingerprint density at radius 3 is 1.89 bits per heavy atom. The van der Waals surface area contributed by atoms with Gasteiger partial charge in [-0.15, -0.1) is 0 Å². The van der Waals surface area contributed by atoms with Gasteiger partial charge in [0.05, 0.1) is 0 Å². The van der Waals surface area contributed by atoms with E-state index in [0.29, 0.717) is 0 Å². The molecule has 0 N–H and O–H groups in total.